The molecule has 1 aromatic carbocycles. The Bertz CT molecular complexity index is 542. The molecular formula is C26H39F. The van der Waals surface area contributed by atoms with Crippen molar-refractivity contribution in [1.82, 2.24) is 0 Å². The van der Waals surface area contributed by atoms with Gasteiger partial charge in [0.05, 0.1) is 6.33 Å². The van der Waals surface area contributed by atoms with Crippen molar-refractivity contribution in [1.29, 1.82) is 0 Å². The lowest BCUT2D eigenvalue weighted by atomic mass is 9.68. The van der Waals surface area contributed by atoms with Crippen LogP contribution in [-0.4, -0.2) is 0 Å². The van der Waals surface area contributed by atoms with Crippen LogP contribution < -0.4 is 0 Å². The first kappa shape index (κ1) is 20.6. The van der Waals surface area contributed by atoms with Gasteiger partial charge in [-0.25, -0.2) is 4.39 Å². The topological polar surface area (TPSA) is 0 Å². The molecule has 2 fully saturated rings. The quantitative estimate of drug-likeness (QED) is 0.431. The Morgan fingerprint density at radius 3 is 2.11 bits per heavy atom. The second-order valence-electron chi connectivity index (χ2n) is 9.18. The van der Waals surface area contributed by atoms with Crippen molar-refractivity contribution in [2.24, 2.45) is 17.8 Å². The van der Waals surface area contributed by atoms with Gasteiger partial charge in [0.15, 0.2) is 0 Å². The van der Waals surface area contributed by atoms with Crippen molar-refractivity contribution in [3.05, 3.63) is 47.8 Å². The van der Waals surface area contributed by atoms with E-state index in [1.165, 1.54) is 82.6 Å². The van der Waals surface area contributed by atoms with E-state index in [-0.39, 0.29) is 0 Å². The third-order valence-electron chi connectivity index (χ3n) is 7.43. The number of benzene rings is 1. The molecule has 0 unspecified atom stereocenters. The number of allylic oxidation sites excluding steroid dienone is 1. The Morgan fingerprint density at radius 1 is 0.889 bits per heavy atom. The monoisotopic (exact) mass is 370 g/mol. The molecule has 0 radical (unpaired) electrons. The summed E-state index contributed by atoms with van der Waals surface area (Å²) in [5.41, 5.74) is 3.09. The largest absolute Gasteiger partial charge is 0.216 e. The highest BCUT2D eigenvalue weighted by atomic mass is 19.1. The molecule has 3 rings (SSSR count). The first-order valence-electron chi connectivity index (χ1n) is 11.6. The molecule has 0 atom stereocenters. The molecule has 0 aromatic heterocycles. The fraction of sp³-hybridized carbons (Fsp3) is 0.692. The lowest BCUT2D eigenvalue weighted by molar-refractivity contribution is 0.157. The predicted octanol–water partition coefficient (Wildman–Crippen LogP) is 8.37. The van der Waals surface area contributed by atoms with E-state index in [0.717, 1.165) is 30.1 Å². The maximum Gasteiger partial charge on any atom is 0.0827 e. The normalized spacial score (nSPS) is 29.3. The molecule has 0 aliphatic heterocycles. The molecule has 27 heavy (non-hydrogen) atoms. The number of rotatable bonds is 8. The highest BCUT2D eigenvalue weighted by molar-refractivity contribution is 5.26. The maximum absolute atomic E-state index is 12.1. The molecule has 0 N–H and O–H groups in total. The highest BCUT2D eigenvalue weighted by Crippen LogP contribution is 2.44. The smallest absolute Gasteiger partial charge is 0.0827 e. The van der Waals surface area contributed by atoms with E-state index in [1.54, 1.807) is 11.6 Å². The molecule has 2 aliphatic carbocycles. The van der Waals surface area contributed by atoms with Gasteiger partial charge in [0.25, 0.3) is 0 Å². The Labute approximate surface area is 166 Å². The summed E-state index contributed by atoms with van der Waals surface area (Å²) >= 11 is 0. The summed E-state index contributed by atoms with van der Waals surface area (Å²) in [6, 6.07) is 9.56. The second-order valence-corrected chi connectivity index (χ2v) is 9.18. The fourth-order valence-electron chi connectivity index (χ4n) is 5.60. The molecule has 2 saturated carbocycles. The Kier molecular flexibility index (Phi) is 8.42. The van der Waals surface area contributed by atoms with Crippen molar-refractivity contribution in [3.63, 3.8) is 0 Å². The van der Waals surface area contributed by atoms with Gasteiger partial charge in [-0.3, -0.25) is 0 Å². The average molecular weight is 371 g/mol. The van der Waals surface area contributed by atoms with Crippen molar-refractivity contribution in [3.8, 4) is 0 Å². The van der Waals surface area contributed by atoms with Crippen molar-refractivity contribution in [2.75, 3.05) is 0 Å². The molecule has 0 amide bonds. The molecule has 150 valence electrons. The molecule has 0 saturated heterocycles. The van der Waals surface area contributed by atoms with E-state index in [4.69, 9.17) is 0 Å². The molecule has 0 spiro atoms. The van der Waals surface area contributed by atoms with Crippen LogP contribution in [0.2, 0.25) is 0 Å². The van der Waals surface area contributed by atoms with Crippen LogP contribution in [0.25, 0.3) is 0 Å². The summed E-state index contributed by atoms with van der Waals surface area (Å²) in [6.07, 6.45) is 19.6. The van der Waals surface area contributed by atoms with Crippen molar-refractivity contribution >= 4 is 0 Å². The summed E-state index contributed by atoms with van der Waals surface area (Å²) in [5, 5.41) is 0. The van der Waals surface area contributed by atoms with E-state index < -0.39 is 0 Å². The van der Waals surface area contributed by atoms with Crippen LogP contribution in [0.1, 0.15) is 101 Å². The molecular weight excluding hydrogens is 331 g/mol. The Balaban J connectivity index is 1.40. The zero-order valence-corrected chi connectivity index (χ0v) is 17.3. The van der Waals surface area contributed by atoms with E-state index >= 15 is 0 Å². The molecule has 0 heterocycles. The van der Waals surface area contributed by atoms with E-state index in [9.17, 15) is 4.39 Å². The Hall–Kier alpha value is -1.11. The first-order chi connectivity index (χ1) is 13.3. The van der Waals surface area contributed by atoms with Crippen LogP contribution in [0.3, 0.4) is 0 Å². The molecule has 1 aromatic rings. The van der Waals surface area contributed by atoms with Crippen molar-refractivity contribution in [2.45, 2.75) is 96.3 Å². The summed E-state index contributed by atoms with van der Waals surface area (Å²) in [7, 11) is 0. The summed E-state index contributed by atoms with van der Waals surface area (Å²) in [6.45, 7) is 2.27. The standard InChI is InChI=1S/C26H39F/c1-2-3-6-21-8-12-23(13-9-21)25-16-18-26(19-17-25)24-14-10-22(11-15-24)7-4-5-20-27/h5,8-9,12-13,20,22,24-26H,2-4,6-7,10-11,14-19H2,1H3/b20-5+/t22-,24-,25-,26-. The molecule has 1 heteroatoms. The molecule has 0 nitrogen and oxygen atoms in total. The zero-order valence-electron chi connectivity index (χ0n) is 17.3. The Morgan fingerprint density at radius 2 is 1.52 bits per heavy atom. The van der Waals surface area contributed by atoms with Gasteiger partial charge in [-0.1, -0.05) is 56.5 Å². The van der Waals surface area contributed by atoms with Gasteiger partial charge in [-0.2, -0.15) is 0 Å². The van der Waals surface area contributed by atoms with Gasteiger partial charge in [0, 0.05) is 0 Å². The van der Waals surface area contributed by atoms with Gasteiger partial charge in [-0.05, 0) is 99.0 Å². The number of hydrogen-bond acceptors (Lipinski definition) is 0. The third kappa shape index (κ3) is 6.19. The summed E-state index contributed by atoms with van der Waals surface area (Å²) < 4.78 is 12.1. The first-order valence-corrected chi connectivity index (χ1v) is 11.6. The van der Waals surface area contributed by atoms with Crippen LogP contribution >= 0.6 is 0 Å². The predicted molar refractivity (Wildman–Crippen MR) is 115 cm³/mol. The molecule has 2 aliphatic rings. The van der Waals surface area contributed by atoms with Crippen molar-refractivity contribution < 1.29 is 4.39 Å². The lowest BCUT2D eigenvalue weighted by Gasteiger charge is -2.38. The minimum atomic E-state index is 0.711. The SMILES string of the molecule is CCCCc1ccc([C@H]2CC[C@H]([C@H]3CC[C@H](CC/C=C/F)CC3)CC2)cc1. The van der Waals surface area contributed by atoms with Gasteiger partial charge in [-0.15, -0.1) is 0 Å². The van der Waals surface area contributed by atoms with Crippen LogP contribution in [0.5, 0.6) is 0 Å². The number of halogens is 1. The lowest BCUT2D eigenvalue weighted by Crippen LogP contribution is -2.25. The van der Waals surface area contributed by atoms with Gasteiger partial charge < -0.3 is 0 Å². The highest BCUT2D eigenvalue weighted by Gasteiger charge is 2.31. The third-order valence-corrected chi connectivity index (χ3v) is 7.43. The number of unbranched alkanes of at least 4 members (excludes halogenated alkanes) is 1. The van der Waals surface area contributed by atoms with Crippen LogP contribution in [-0.2, 0) is 6.42 Å². The minimum Gasteiger partial charge on any atom is -0.216 e. The van der Waals surface area contributed by atoms with E-state index in [0.29, 0.717) is 6.33 Å². The van der Waals surface area contributed by atoms with Crippen LogP contribution in [0, 0.1) is 17.8 Å². The van der Waals surface area contributed by atoms with Crippen LogP contribution in [0.4, 0.5) is 4.39 Å². The van der Waals surface area contributed by atoms with Gasteiger partial charge in [0.1, 0.15) is 0 Å². The van der Waals surface area contributed by atoms with Gasteiger partial charge >= 0.3 is 0 Å². The second kappa shape index (κ2) is 11.0. The van der Waals surface area contributed by atoms with Gasteiger partial charge in [0.2, 0.25) is 0 Å². The fourth-order valence-corrected chi connectivity index (χ4v) is 5.60. The molecule has 0 bridgehead atoms. The number of hydrogen-bond donors (Lipinski definition) is 0. The summed E-state index contributed by atoms with van der Waals surface area (Å²) in [5.74, 6) is 3.58. The summed E-state index contributed by atoms with van der Waals surface area (Å²) in [4.78, 5) is 0. The van der Waals surface area contributed by atoms with E-state index in [2.05, 4.69) is 31.2 Å². The van der Waals surface area contributed by atoms with Crippen LogP contribution in [0.15, 0.2) is 36.7 Å². The maximum atomic E-state index is 12.1. The minimum absolute atomic E-state index is 0.711. The van der Waals surface area contributed by atoms with E-state index in [1.807, 2.05) is 0 Å². The average Bonchev–Trinajstić information content (AvgIpc) is 2.73. The zero-order chi connectivity index (χ0) is 18.9. The number of aryl methyl sites for hydroxylation is 1.